The van der Waals surface area contributed by atoms with E-state index in [0.717, 1.165) is 34.7 Å². The fraction of sp³-hybridized carbons (Fsp3) is 0.435. The second-order valence-electron chi connectivity index (χ2n) is 9.13. The molecule has 1 fully saturated rings. The van der Waals surface area contributed by atoms with Crippen LogP contribution < -0.4 is 5.32 Å². The zero-order chi connectivity index (χ0) is 23.5. The van der Waals surface area contributed by atoms with Gasteiger partial charge in [0.1, 0.15) is 10.8 Å². The molecule has 1 aliphatic carbocycles. The monoisotopic (exact) mass is 470 g/mol. The number of amides is 1. The van der Waals surface area contributed by atoms with Gasteiger partial charge >= 0.3 is 0 Å². The molecule has 3 heterocycles. The van der Waals surface area contributed by atoms with E-state index in [1.54, 1.807) is 30.9 Å². The van der Waals surface area contributed by atoms with Crippen LogP contribution in [0.3, 0.4) is 0 Å². The van der Waals surface area contributed by atoms with Gasteiger partial charge < -0.3 is 5.32 Å². The number of anilines is 1. The van der Waals surface area contributed by atoms with Crippen molar-refractivity contribution in [3.05, 3.63) is 53.3 Å². The summed E-state index contributed by atoms with van der Waals surface area (Å²) in [6, 6.07) is 3.07. The van der Waals surface area contributed by atoms with Crippen molar-refractivity contribution < 1.29 is 14.0 Å². The van der Waals surface area contributed by atoms with E-state index in [1.165, 1.54) is 22.5 Å². The Morgan fingerprint density at radius 2 is 1.97 bits per heavy atom. The van der Waals surface area contributed by atoms with Crippen LogP contribution in [0.1, 0.15) is 50.6 Å². The molecule has 0 atom stereocenters. The van der Waals surface area contributed by atoms with Crippen molar-refractivity contribution >= 4 is 23.7 Å². The normalized spacial score (nSPS) is 15.0. The molecule has 174 valence electrons. The van der Waals surface area contributed by atoms with Gasteiger partial charge in [-0.2, -0.15) is 0 Å². The molecule has 0 aromatic carbocycles. The summed E-state index contributed by atoms with van der Waals surface area (Å²) in [6.45, 7) is 6.48. The summed E-state index contributed by atoms with van der Waals surface area (Å²) in [5.74, 6) is 0.208. The minimum Gasteiger partial charge on any atom is -0.353 e. The number of carbonyl (C=O) groups excluding carboxylic acids is 1. The standard InChI is InChI=1S/C23H27FN6O2S/c1-22(2,3)32-30(15-31)13-17-12-26-20(33-17)16-10-27-21(28-11-16)29-14-23(7-5-8-23)19-18(24)6-4-9-25-19/h4,6,9-12,15H,5,7-8,13-14H2,1-3H3,(H,27,28,29). The highest BCUT2D eigenvalue weighted by Crippen LogP contribution is 2.43. The Hall–Kier alpha value is -2.98. The van der Waals surface area contributed by atoms with Crippen molar-refractivity contribution in [2.45, 2.75) is 57.6 Å². The molecule has 1 amide bonds. The van der Waals surface area contributed by atoms with Crippen LogP contribution in [-0.4, -0.2) is 43.6 Å². The number of rotatable bonds is 9. The van der Waals surface area contributed by atoms with Gasteiger partial charge in [-0.1, -0.05) is 6.42 Å². The molecule has 10 heteroatoms. The molecule has 1 N–H and O–H groups in total. The zero-order valence-corrected chi connectivity index (χ0v) is 19.7. The van der Waals surface area contributed by atoms with Gasteiger partial charge in [0.05, 0.1) is 17.8 Å². The third kappa shape index (κ3) is 5.51. The molecule has 1 saturated carbocycles. The van der Waals surface area contributed by atoms with Crippen LogP contribution in [0.5, 0.6) is 0 Å². The van der Waals surface area contributed by atoms with Crippen molar-refractivity contribution in [3.8, 4) is 10.6 Å². The summed E-state index contributed by atoms with van der Waals surface area (Å²) in [5, 5.41) is 5.26. The third-order valence-corrected chi connectivity index (χ3v) is 6.46. The minimum absolute atomic E-state index is 0.268. The summed E-state index contributed by atoms with van der Waals surface area (Å²) in [5.41, 5.74) is 0.499. The molecule has 4 rings (SSSR count). The summed E-state index contributed by atoms with van der Waals surface area (Å²) in [4.78, 5) is 35.3. The van der Waals surface area contributed by atoms with Crippen molar-refractivity contribution in [2.24, 2.45) is 0 Å². The molecule has 0 unspecified atom stereocenters. The van der Waals surface area contributed by atoms with E-state index in [2.05, 4.69) is 25.3 Å². The van der Waals surface area contributed by atoms with Crippen LogP contribution >= 0.6 is 11.3 Å². The van der Waals surface area contributed by atoms with E-state index in [0.29, 0.717) is 31.1 Å². The van der Waals surface area contributed by atoms with Gasteiger partial charge in [-0.05, 0) is 45.7 Å². The number of aromatic nitrogens is 4. The van der Waals surface area contributed by atoms with Crippen LogP contribution in [0.4, 0.5) is 10.3 Å². The second-order valence-corrected chi connectivity index (χ2v) is 10.2. The highest BCUT2D eigenvalue weighted by Gasteiger charge is 2.41. The third-order valence-electron chi connectivity index (χ3n) is 5.43. The molecule has 0 radical (unpaired) electrons. The number of hydrogen-bond donors (Lipinski definition) is 1. The fourth-order valence-electron chi connectivity index (χ4n) is 3.77. The second kappa shape index (κ2) is 9.48. The number of hydroxylamine groups is 2. The first-order valence-electron chi connectivity index (χ1n) is 10.8. The summed E-state index contributed by atoms with van der Waals surface area (Å²) < 4.78 is 14.3. The smallest absolute Gasteiger partial charge is 0.233 e. The maximum absolute atomic E-state index is 14.3. The quantitative estimate of drug-likeness (QED) is 0.367. The topological polar surface area (TPSA) is 93.1 Å². The fourth-order valence-corrected chi connectivity index (χ4v) is 4.64. The number of hydrogen-bond acceptors (Lipinski definition) is 8. The Balaban J connectivity index is 1.39. The van der Waals surface area contributed by atoms with Gasteiger partial charge in [-0.25, -0.2) is 24.4 Å². The van der Waals surface area contributed by atoms with Gasteiger partial charge in [0.2, 0.25) is 12.4 Å². The maximum Gasteiger partial charge on any atom is 0.233 e. The van der Waals surface area contributed by atoms with Crippen LogP contribution in [0.2, 0.25) is 0 Å². The Bertz CT molecular complexity index is 1090. The molecule has 3 aromatic heterocycles. The SMILES string of the molecule is CC(C)(C)ON(C=O)Cc1cnc(-c2cnc(NCC3(c4ncccc4F)CCC3)nc2)s1. The highest BCUT2D eigenvalue weighted by molar-refractivity contribution is 7.15. The summed E-state index contributed by atoms with van der Waals surface area (Å²) >= 11 is 1.45. The van der Waals surface area contributed by atoms with E-state index in [9.17, 15) is 9.18 Å². The number of thiazole rings is 1. The molecule has 0 aliphatic heterocycles. The number of carbonyl (C=O) groups is 1. The average molecular weight is 471 g/mol. The van der Waals surface area contributed by atoms with Crippen LogP contribution in [0.15, 0.2) is 36.9 Å². The molecule has 0 spiro atoms. The lowest BCUT2D eigenvalue weighted by atomic mass is 9.66. The number of nitrogens with zero attached hydrogens (tertiary/aromatic N) is 5. The minimum atomic E-state index is -0.467. The maximum atomic E-state index is 14.3. The Morgan fingerprint density at radius 1 is 1.21 bits per heavy atom. The van der Waals surface area contributed by atoms with Gasteiger partial charge in [-0.15, -0.1) is 11.3 Å². The lowest BCUT2D eigenvalue weighted by Gasteiger charge is -2.41. The van der Waals surface area contributed by atoms with Crippen molar-refractivity contribution in [3.63, 3.8) is 0 Å². The molecule has 1 aliphatic rings. The molecule has 0 saturated heterocycles. The average Bonchev–Trinajstić information content (AvgIpc) is 3.21. The molecule has 0 bridgehead atoms. The molecular formula is C23H27FN6O2S. The first kappa shape index (κ1) is 23.2. The predicted molar refractivity (Wildman–Crippen MR) is 124 cm³/mol. The number of halogens is 1. The van der Waals surface area contributed by atoms with Gasteiger partial charge in [0.15, 0.2) is 0 Å². The molecule has 3 aromatic rings. The first-order valence-corrected chi connectivity index (χ1v) is 11.6. The Kier molecular flexibility index (Phi) is 6.66. The summed E-state index contributed by atoms with van der Waals surface area (Å²) in [6.07, 6.45) is 10.2. The Morgan fingerprint density at radius 3 is 2.58 bits per heavy atom. The van der Waals surface area contributed by atoms with Crippen molar-refractivity contribution in [1.82, 2.24) is 25.0 Å². The predicted octanol–water partition coefficient (Wildman–Crippen LogP) is 4.36. The summed E-state index contributed by atoms with van der Waals surface area (Å²) in [7, 11) is 0. The number of pyridine rings is 1. The van der Waals surface area contributed by atoms with Crippen LogP contribution in [0, 0.1) is 5.82 Å². The highest BCUT2D eigenvalue weighted by atomic mass is 32.1. The lowest BCUT2D eigenvalue weighted by molar-refractivity contribution is -0.220. The van der Waals surface area contributed by atoms with E-state index >= 15 is 0 Å². The Labute approximate surface area is 196 Å². The molecular weight excluding hydrogens is 443 g/mol. The lowest BCUT2D eigenvalue weighted by Crippen LogP contribution is -2.42. The van der Waals surface area contributed by atoms with Crippen LogP contribution in [0.25, 0.3) is 10.6 Å². The van der Waals surface area contributed by atoms with Gasteiger partial charge in [0, 0.05) is 47.2 Å². The van der Waals surface area contributed by atoms with Gasteiger partial charge in [-0.3, -0.25) is 14.6 Å². The number of nitrogens with one attached hydrogen (secondary N) is 1. The van der Waals surface area contributed by atoms with E-state index in [4.69, 9.17) is 4.84 Å². The van der Waals surface area contributed by atoms with Gasteiger partial charge in [0.25, 0.3) is 0 Å². The first-order chi connectivity index (χ1) is 15.8. The van der Waals surface area contributed by atoms with E-state index in [1.807, 2.05) is 20.8 Å². The molecule has 33 heavy (non-hydrogen) atoms. The molecule has 8 nitrogen and oxygen atoms in total. The largest absolute Gasteiger partial charge is 0.353 e. The van der Waals surface area contributed by atoms with E-state index in [-0.39, 0.29) is 11.2 Å². The van der Waals surface area contributed by atoms with Crippen molar-refractivity contribution in [1.29, 1.82) is 0 Å². The zero-order valence-electron chi connectivity index (χ0n) is 18.9. The van der Waals surface area contributed by atoms with E-state index < -0.39 is 5.60 Å². The van der Waals surface area contributed by atoms with Crippen LogP contribution in [-0.2, 0) is 21.6 Å². The van der Waals surface area contributed by atoms with Crippen molar-refractivity contribution in [2.75, 3.05) is 11.9 Å².